The predicted molar refractivity (Wildman–Crippen MR) is 91.7 cm³/mol. The fraction of sp³-hybridized carbons (Fsp3) is 0.0714. The van der Waals surface area contributed by atoms with Crippen LogP contribution in [0.2, 0.25) is 10.0 Å². The summed E-state index contributed by atoms with van der Waals surface area (Å²) in [6.45, 7) is -0.924. The molecule has 132 valence electrons. The highest BCUT2D eigenvalue weighted by Gasteiger charge is 2.29. The van der Waals surface area contributed by atoms with Gasteiger partial charge in [0.2, 0.25) is 0 Å². The van der Waals surface area contributed by atoms with E-state index in [4.69, 9.17) is 28.3 Å². The minimum absolute atomic E-state index is 0.0808. The molecule has 0 atom stereocenters. The zero-order valence-electron chi connectivity index (χ0n) is 12.3. The van der Waals surface area contributed by atoms with Crippen LogP contribution in [0.25, 0.3) is 0 Å². The van der Waals surface area contributed by atoms with Gasteiger partial charge in [0, 0.05) is 17.2 Å². The molecule has 0 bridgehead atoms. The van der Waals surface area contributed by atoms with Gasteiger partial charge in [-0.2, -0.15) is 0 Å². The van der Waals surface area contributed by atoms with Gasteiger partial charge in [0.05, 0.1) is 20.5 Å². The van der Waals surface area contributed by atoms with Crippen LogP contribution in [0.3, 0.4) is 0 Å². The molecule has 0 unspecified atom stereocenters. The van der Waals surface area contributed by atoms with E-state index in [2.05, 4.69) is 0 Å². The molecule has 1 N–H and O–H groups in total. The van der Waals surface area contributed by atoms with Gasteiger partial charge >= 0.3 is 5.97 Å². The molecular weight excluding hydrogens is 395 g/mol. The molecule has 0 aliphatic rings. The van der Waals surface area contributed by atoms with Crippen LogP contribution in [-0.2, 0) is 14.8 Å². The van der Waals surface area contributed by atoms with E-state index in [-0.39, 0.29) is 15.7 Å². The van der Waals surface area contributed by atoms with Gasteiger partial charge in [0.1, 0.15) is 6.54 Å². The number of halogens is 2. The van der Waals surface area contributed by atoms with Gasteiger partial charge in [0.25, 0.3) is 15.7 Å². The highest BCUT2D eigenvalue weighted by molar-refractivity contribution is 7.92. The van der Waals surface area contributed by atoms with E-state index >= 15 is 0 Å². The summed E-state index contributed by atoms with van der Waals surface area (Å²) in [5.74, 6) is -1.43. The van der Waals surface area contributed by atoms with E-state index in [0.717, 1.165) is 18.2 Å². The second-order valence-electron chi connectivity index (χ2n) is 4.76. The van der Waals surface area contributed by atoms with Crippen molar-refractivity contribution in [1.29, 1.82) is 0 Å². The number of benzene rings is 2. The van der Waals surface area contributed by atoms with Crippen molar-refractivity contribution < 1.29 is 23.2 Å². The number of nitro benzene ring substituents is 1. The molecule has 8 nitrogen and oxygen atoms in total. The van der Waals surface area contributed by atoms with Crippen molar-refractivity contribution in [3.8, 4) is 0 Å². The molecular formula is C14H10Cl2N2O6S. The Balaban J connectivity index is 2.62. The van der Waals surface area contributed by atoms with Crippen LogP contribution in [0.1, 0.15) is 0 Å². The summed E-state index contributed by atoms with van der Waals surface area (Å²) >= 11 is 11.8. The van der Waals surface area contributed by atoms with Crippen LogP contribution in [0.4, 0.5) is 11.4 Å². The maximum atomic E-state index is 12.8. The summed E-state index contributed by atoms with van der Waals surface area (Å²) in [5, 5.41) is 20.1. The molecule has 11 heteroatoms. The molecule has 0 aliphatic heterocycles. The number of nitrogens with zero attached hydrogens (tertiary/aromatic N) is 2. The molecule has 0 spiro atoms. The summed E-state index contributed by atoms with van der Waals surface area (Å²) in [4.78, 5) is 20.8. The van der Waals surface area contributed by atoms with Gasteiger partial charge in [-0.25, -0.2) is 8.42 Å². The second-order valence-corrected chi connectivity index (χ2v) is 7.46. The first-order valence-corrected chi connectivity index (χ1v) is 8.76. The average Bonchev–Trinajstić information content (AvgIpc) is 2.53. The smallest absolute Gasteiger partial charge is 0.324 e. The molecule has 2 aromatic rings. The highest BCUT2D eigenvalue weighted by Crippen LogP contribution is 2.33. The molecule has 0 heterocycles. The molecule has 2 aromatic carbocycles. The van der Waals surface area contributed by atoms with Crippen LogP contribution in [0.5, 0.6) is 0 Å². The Morgan fingerprint density at radius 2 is 1.88 bits per heavy atom. The molecule has 2 rings (SSSR count). The Kier molecular flexibility index (Phi) is 5.51. The Hall–Kier alpha value is -2.36. The quantitative estimate of drug-likeness (QED) is 0.583. The van der Waals surface area contributed by atoms with Crippen molar-refractivity contribution in [3.63, 3.8) is 0 Å². The van der Waals surface area contributed by atoms with Crippen molar-refractivity contribution in [1.82, 2.24) is 0 Å². The van der Waals surface area contributed by atoms with Gasteiger partial charge < -0.3 is 5.11 Å². The monoisotopic (exact) mass is 404 g/mol. The third kappa shape index (κ3) is 4.19. The summed E-state index contributed by atoms with van der Waals surface area (Å²) < 4.78 is 26.2. The zero-order valence-corrected chi connectivity index (χ0v) is 14.6. The molecule has 0 aliphatic carbocycles. The number of rotatable bonds is 6. The molecule has 25 heavy (non-hydrogen) atoms. The number of nitro groups is 1. The third-order valence-corrected chi connectivity index (χ3v) is 5.37. The fourth-order valence-electron chi connectivity index (χ4n) is 1.99. The number of aliphatic carboxylic acids is 1. The van der Waals surface area contributed by atoms with Gasteiger partial charge in [-0.1, -0.05) is 29.3 Å². The number of sulfonamides is 1. The maximum absolute atomic E-state index is 12.8. The summed E-state index contributed by atoms with van der Waals surface area (Å²) in [7, 11) is -4.42. The lowest BCUT2D eigenvalue weighted by atomic mass is 10.3. The number of non-ortho nitro benzene ring substituents is 1. The first-order valence-electron chi connectivity index (χ1n) is 6.57. The molecule has 0 amide bonds. The number of hydrogen-bond donors (Lipinski definition) is 1. The largest absolute Gasteiger partial charge is 0.480 e. The Morgan fingerprint density at radius 1 is 1.20 bits per heavy atom. The van der Waals surface area contributed by atoms with Crippen molar-refractivity contribution >= 4 is 50.6 Å². The Bertz CT molecular complexity index is 948. The topological polar surface area (TPSA) is 118 Å². The first kappa shape index (κ1) is 19.0. The highest BCUT2D eigenvalue weighted by atomic mass is 35.5. The van der Waals surface area contributed by atoms with E-state index in [1.54, 1.807) is 0 Å². The van der Waals surface area contributed by atoms with Crippen molar-refractivity contribution in [2.24, 2.45) is 0 Å². The van der Waals surface area contributed by atoms with Gasteiger partial charge in [-0.15, -0.1) is 0 Å². The van der Waals surface area contributed by atoms with E-state index in [9.17, 15) is 23.3 Å². The van der Waals surface area contributed by atoms with E-state index in [1.165, 1.54) is 24.3 Å². The summed E-state index contributed by atoms with van der Waals surface area (Å²) in [5.41, 5.74) is -0.557. The van der Waals surface area contributed by atoms with Crippen molar-refractivity contribution in [3.05, 3.63) is 62.6 Å². The second kappa shape index (κ2) is 7.26. The number of anilines is 1. The molecule has 0 aromatic heterocycles. The minimum atomic E-state index is -4.42. The van der Waals surface area contributed by atoms with Crippen LogP contribution in [0, 0.1) is 10.1 Å². The maximum Gasteiger partial charge on any atom is 0.324 e. The fourth-order valence-corrected chi connectivity index (χ4v) is 4.02. The number of carbonyl (C=O) groups is 1. The SMILES string of the molecule is O=C(O)CN(c1ccc(Cl)cc1Cl)S(=O)(=O)c1cccc([N+](=O)[O-])c1. The number of carboxylic acids is 1. The predicted octanol–water partition coefficient (Wildman–Crippen LogP) is 3.18. The molecule has 0 fully saturated rings. The van der Waals surface area contributed by atoms with Gasteiger partial charge in [-0.3, -0.25) is 19.2 Å². The van der Waals surface area contributed by atoms with Crippen molar-refractivity contribution in [2.45, 2.75) is 4.90 Å². The normalized spacial score (nSPS) is 11.1. The van der Waals surface area contributed by atoms with Crippen molar-refractivity contribution in [2.75, 3.05) is 10.8 Å². The lowest BCUT2D eigenvalue weighted by Crippen LogP contribution is -2.36. The molecule has 0 saturated carbocycles. The zero-order chi connectivity index (χ0) is 18.8. The number of hydrogen-bond acceptors (Lipinski definition) is 5. The van der Waals surface area contributed by atoms with Gasteiger partial charge in [0.15, 0.2) is 0 Å². The Morgan fingerprint density at radius 3 is 2.44 bits per heavy atom. The van der Waals surface area contributed by atoms with Crippen LogP contribution >= 0.6 is 23.2 Å². The van der Waals surface area contributed by atoms with Crippen LogP contribution < -0.4 is 4.31 Å². The summed E-state index contributed by atoms with van der Waals surface area (Å²) in [6.07, 6.45) is 0. The van der Waals surface area contributed by atoms with E-state index in [1.807, 2.05) is 0 Å². The van der Waals surface area contributed by atoms with Crippen LogP contribution in [0.15, 0.2) is 47.4 Å². The van der Waals surface area contributed by atoms with Gasteiger partial charge in [-0.05, 0) is 24.3 Å². The van der Waals surface area contributed by atoms with E-state index in [0.29, 0.717) is 4.31 Å². The lowest BCUT2D eigenvalue weighted by Gasteiger charge is -2.23. The van der Waals surface area contributed by atoms with E-state index < -0.39 is 38.0 Å². The lowest BCUT2D eigenvalue weighted by molar-refractivity contribution is -0.385. The minimum Gasteiger partial charge on any atom is -0.480 e. The molecule has 0 saturated heterocycles. The standard InChI is InChI=1S/C14H10Cl2N2O6S/c15-9-4-5-13(12(16)6-9)17(8-14(19)20)25(23,24)11-3-1-2-10(7-11)18(21)22/h1-7H,8H2,(H,19,20). The Labute approximate surface area is 152 Å². The number of carboxylic acid groups (broad SMARTS) is 1. The molecule has 0 radical (unpaired) electrons. The summed E-state index contributed by atoms with van der Waals surface area (Å²) in [6, 6.07) is 8.14. The third-order valence-electron chi connectivity index (χ3n) is 3.07. The van der Waals surface area contributed by atoms with Crippen LogP contribution in [-0.4, -0.2) is 31.0 Å². The average molecular weight is 405 g/mol. The first-order chi connectivity index (χ1) is 11.6.